The number of nitrogens with one attached hydrogen (secondary N) is 1. The fraction of sp³-hybridized carbons (Fsp3) is 0.368. The van der Waals surface area contributed by atoms with E-state index in [1.807, 2.05) is 31.2 Å². The van der Waals surface area contributed by atoms with Crippen molar-refractivity contribution in [1.29, 1.82) is 0 Å². The van der Waals surface area contributed by atoms with E-state index in [1.165, 1.54) is 11.0 Å². The third-order valence-corrected chi connectivity index (χ3v) is 4.82. The number of alkyl halides is 1. The second-order valence-electron chi connectivity index (χ2n) is 6.55. The number of H-pyrrole nitrogens is 1. The van der Waals surface area contributed by atoms with E-state index >= 15 is 0 Å². The molecule has 140 valence electrons. The maximum atomic E-state index is 13.3. The first kappa shape index (κ1) is 20.1. The van der Waals surface area contributed by atoms with Gasteiger partial charge < -0.3 is 15.6 Å². The van der Waals surface area contributed by atoms with E-state index in [-0.39, 0.29) is 36.3 Å². The van der Waals surface area contributed by atoms with Crippen LogP contribution in [0, 0.1) is 0 Å². The summed E-state index contributed by atoms with van der Waals surface area (Å²) < 4.78 is 13.3. The Morgan fingerprint density at radius 2 is 1.88 bits per heavy atom. The summed E-state index contributed by atoms with van der Waals surface area (Å²) in [5.41, 5.74) is 8.81. The Bertz CT molecular complexity index is 789. The van der Waals surface area contributed by atoms with Gasteiger partial charge in [0.15, 0.2) is 0 Å². The monoisotopic (exact) mass is 379 g/mol. The maximum absolute atomic E-state index is 13.3. The number of nitrogens with two attached hydrogens (primary N) is 1. The van der Waals surface area contributed by atoms with Crippen LogP contribution in [0.5, 0.6) is 0 Å². The number of aromatic nitrogens is 1. The Hall–Kier alpha value is -2.18. The number of hydrogen-bond acceptors (Lipinski definition) is 3. The second kappa shape index (κ2) is 8.47. The van der Waals surface area contributed by atoms with Crippen LogP contribution in [-0.4, -0.2) is 41.1 Å². The zero-order valence-corrected chi connectivity index (χ0v) is 15.3. The summed E-state index contributed by atoms with van der Waals surface area (Å²) >= 11 is 0. The lowest BCUT2D eigenvalue weighted by Crippen LogP contribution is -2.45. The Morgan fingerprint density at radius 1 is 1.23 bits per heavy atom. The Balaban J connectivity index is 0.00000243. The van der Waals surface area contributed by atoms with E-state index in [2.05, 4.69) is 4.98 Å². The molecule has 1 aliphatic rings. The van der Waals surface area contributed by atoms with Crippen molar-refractivity contribution in [3.63, 3.8) is 0 Å². The molecule has 1 aliphatic heterocycles. The van der Waals surface area contributed by atoms with Crippen LogP contribution in [0.1, 0.15) is 24.8 Å². The molecule has 1 amide bonds. The molecule has 0 aliphatic carbocycles. The summed E-state index contributed by atoms with van der Waals surface area (Å²) in [5, 5.41) is 0. The third kappa shape index (κ3) is 4.31. The summed E-state index contributed by atoms with van der Waals surface area (Å²) in [4.78, 5) is 27.7. The van der Waals surface area contributed by atoms with Crippen molar-refractivity contribution in [2.24, 2.45) is 5.73 Å². The van der Waals surface area contributed by atoms with Gasteiger partial charge in [-0.05, 0) is 29.2 Å². The lowest BCUT2D eigenvalue weighted by atomic mass is 9.91. The first-order valence-corrected chi connectivity index (χ1v) is 8.43. The average molecular weight is 380 g/mol. The number of halogens is 2. The molecule has 5 nitrogen and oxygen atoms in total. The minimum Gasteiger partial charge on any atom is -0.338 e. The summed E-state index contributed by atoms with van der Waals surface area (Å²) in [6, 6.07) is 10.3. The zero-order valence-electron chi connectivity index (χ0n) is 14.5. The molecule has 3 atom stereocenters. The molecular formula is C19H23ClFN3O2. The smallest absolute Gasteiger partial charge is 0.247 e. The van der Waals surface area contributed by atoms with Crippen LogP contribution in [0.15, 0.2) is 47.4 Å². The van der Waals surface area contributed by atoms with E-state index in [0.29, 0.717) is 13.0 Å². The Kier molecular flexibility index (Phi) is 6.56. The number of carbonyl (C=O) groups is 1. The minimum atomic E-state index is -0.942. The molecule has 3 rings (SSSR count). The molecular weight excluding hydrogens is 357 g/mol. The van der Waals surface area contributed by atoms with Gasteiger partial charge in [0.2, 0.25) is 11.5 Å². The largest absolute Gasteiger partial charge is 0.338 e. The fourth-order valence-electron chi connectivity index (χ4n) is 3.12. The number of hydrogen-bond donors (Lipinski definition) is 2. The molecule has 2 aromatic rings. The number of amides is 1. The number of carbonyl (C=O) groups excluding carboxylic acids is 1. The molecule has 1 saturated heterocycles. The van der Waals surface area contributed by atoms with Gasteiger partial charge >= 0.3 is 0 Å². The molecule has 0 bridgehead atoms. The van der Waals surface area contributed by atoms with Crippen molar-refractivity contribution in [3.8, 4) is 11.1 Å². The number of pyridine rings is 1. The average Bonchev–Trinajstić information content (AvgIpc) is 3.07. The van der Waals surface area contributed by atoms with Crippen molar-refractivity contribution in [2.75, 3.05) is 13.1 Å². The van der Waals surface area contributed by atoms with Gasteiger partial charge in [-0.25, -0.2) is 4.39 Å². The van der Waals surface area contributed by atoms with Crippen LogP contribution >= 0.6 is 12.4 Å². The van der Waals surface area contributed by atoms with Gasteiger partial charge in [0, 0.05) is 24.7 Å². The summed E-state index contributed by atoms with van der Waals surface area (Å²) in [6.07, 6.45) is 1.11. The molecule has 1 aromatic carbocycles. The van der Waals surface area contributed by atoms with Crippen LogP contribution in [0.4, 0.5) is 4.39 Å². The lowest BCUT2D eigenvalue weighted by molar-refractivity contribution is -0.132. The standard InChI is InChI=1S/C19H22FN3O2.ClH/c1-12(18(21)19(25)23-9-8-16(20)11-23)13-2-4-14(5-3-13)15-6-7-17(24)22-10-15;/h2-7,10,12,16,18H,8-9,11,21H2,1H3,(H,22,24);1H/t12-,16-,18-;/m0./s1. The van der Waals surface area contributed by atoms with Gasteiger partial charge in [-0.15, -0.1) is 12.4 Å². The Morgan fingerprint density at radius 3 is 2.42 bits per heavy atom. The van der Waals surface area contributed by atoms with Crippen LogP contribution < -0.4 is 11.3 Å². The van der Waals surface area contributed by atoms with Crippen molar-refractivity contribution in [3.05, 3.63) is 58.5 Å². The highest BCUT2D eigenvalue weighted by Gasteiger charge is 2.31. The third-order valence-electron chi connectivity index (χ3n) is 4.82. The predicted octanol–water partition coefficient (Wildman–Crippen LogP) is 2.46. The van der Waals surface area contributed by atoms with E-state index in [1.54, 1.807) is 12.3 Å². The second-order valence-corrected chi connectivity index (χ2v) is 6.55. The molecule has 26 heavy (non-hydrogen) atoms. The Labute approximate surface area is 157 Å². The van der Waals surface area contributed by atoms with Gasteiger partial charge in [-0.2, -0.15) is 0 Å². The van der Waals surface area contributed by atoms with E-state index in [9.17, 15) is 14.0 Å². The number of likely N-dealkylation sites (tertiary alicyclic amines) is 1. The molecule has 7 heteroatoms. The van der Waals surface area contributed by atoms with Crippen molar-refractivity contribution in [2.45, 2.75) is 31.5 Å². The lowest BCUT2D eigenvalue weighted by Gasteiger charge is -2.25. The highest BCUT2D eigenvalue weighted by molar-refractivity contribution is 5.85. The molecule has 0 unspecified atom stereocenters. The number of nitrogens with zero attached hydrogens (tertiary/aromatic N) is 1. The van der Waals surface area contributed by atoms with E-state index < -0.39 is 12.2 Å². The molecule has 2 heterocycles. The summed E-state index contributed by atoms with van der Waals surface area (Å²) in [5.74, 6) is -0.367. The number of aromatic amines is 1. The van der Waals surface area contributed by atoms with Gasteiger partial charge in [0.05, 0.1) is 12.6 Å². The SMILES string of the molecule is C[C@@H](c1ccc(-c2ccc(=O)[nH]c2)cc1)[C@H](N)C(=O)N1CC[C@H](F)C1.Cl. The van der Waals surface area contributed by atoms with Crippen molar-refractivity contribution in [1.82, 2.24) is 9.88 Å². The van der Waals surface area contributed by atoms with Gasteiger partial charge in [-0.1, -0.05) is 31.2 Å². The number of benzene rings is 1. The normalized spacial score (nSPS) is 18.9. The number of rotatable bonds is 4. The molecule has 1 aromatic heterocycles. The van der Waals surface area contributed by atoms with Crippen LogP contribution in [0.25, 0.3) is 11.1 Å². The highest BCUT2D eigenvalue weighted by atomic mass is 35.5. The summed E-state index contributed by atoms with van der Waals surface area (Å²) in [7, 11) is 0. The maximum Gasteiger partial charge on any atom is 0.247 e. The minimum absolute atomic E-state index is 0. The zero-order chi connectivity index (χ0) is 18.0. The van der Waals surface area contributed by atoms with Crippen LogP contribution in [0.2, 0.25) is 0 Å². The quantitative estimate of drug-likeness (QED) is 0.856. The molecule has 3 N–H and O–H groups in total. The van der Waals surface area contributed by atoms with Gasteiger partial charge in [0.25, 0.3) is 0 Å². The van der Waals surface area contributed by atoms with Gasteiger partial charge in [-0.3, -0.25) is 9.59 Å². The first-order valence-electron chi connectivity index (χ1n) is 8.43. The van der Waals surface area contributed by atoms with Crippen LogP contribution in [-0.2, 0) is 4.79 Å². The first-order chi connectivity index (χ1) is 12.0. The topological polar surface area (TPSA) is 79.2 Å². The van der Waals surface area contributed by atoms with E-state index in [4.69, 9.17) is 5.73 Å². The van der Waals surface area contributed by atoms with Crippen LogP contribution in [0.3, 0.4) is 0 Å². The fourth-order valence-corrected chi connectivity index (χ4v) is 3.12. The highest BCUT2D eigenvalue weighted by Crippen LogP contribution is 2.25. The molecule has 0 saturated carbocycles. The van der Waals surface area contributed by atoms with Gasteiger partial charge in [0.1, 0.15) is 6.17 Å². The predicted molar refractivity (Wildman–Crippen MR) is 102 cm³/mol. The van der Waals surface area contributed by atoms with Crippen molar-refractivity contribution < 1.29 is 9.18 Å². The summed E-state index contributed by atoms with van der Waals surface area (Å²) in [6.45, 7) is 2.48. The molecule has 1 fully saturated rings. The van der Waals surface area contributed by atoms with E-state index in [0.717, 1.165) is 16.7 Å². The van der Waals surface area contributed by atoms with Crippen molar-refractivity contribution >= 4 is 18.3 Å². The molecule has 0 radical (unpaired) electrons. The molecule has 0 spiro atoms.